The van der Waals surface area contributed by atoms with Crippen molar-refractivity contribution in [3.63, 3.8) is 0 Å². The minimum atomic E-state index is -0.472. The summed E-state index contributed by atoms with van der Waals surface area (Å²) >= 11 is 14.8. The number of amides is 1. The van der Waals surface area contributed by atoms with Crippen molar-refractivity contribution in [2.24, 2.45) is 0 Å². The molecule has 0 spiro atoms. The Hall–Kier alpha value is -3.58. The van der Waals surface area contributed by atoms with E-state index in [4.69, 9.17) is 28.6 Å². The normalized spacial score (nSPS) is 13.3. The van der Waals surface area contributed by atoms with Gasteiger partial charge in [0.1, 0.15) is 9.88 Å². The first kappa shape index (κ1) is 28.9. The number of thiocarbonyl (C=S) groups is 1. The minimum absolute atomic E-state index is 0.0481. The molecule has 1 aliphatic heterocycles. The zero-order valence-corrected chi connectivity index (χ0v) is 25.1. The van der Waals surface area contributed by atoms with E-state index in [1.807, 2.05) is 41.3 Å². The van der Waals surface area contributed by atoms with Crippen molar-refractivity contribution in [1.29, 1.82) is 0 Å². The molecule has 1 N–H and O–H groups in total. The van der Waals surface area contributed by atoms with Gasteiger partial charge in [-0.15, -0.1) is 22.7 Å². The molecule has 0 aliphatic carbocycles. The third-order valence-electron chi connectivity index (χ3n) is 6.59. The van der Waals surface area contributed by atoms with Crippen LogP contribution in [0.15, 0.2) is 54.6 Å². The van der Waals surface area contributed by atoms with E-state index in [-0.39, 0.29) is 18.2 Å². The summed E-state index contributed by atoms with van der Waals surface area (Å²) in [5, 5.41) is 16.4. The first-order chi connectivity index (χ1) is 19.7. The Bertz CT molecular complexity index is 1630. The monoisotopic (exact) mass is 628 g/mol. The van der Waals surface area contributed by atoms with E-state index in [0.717, 1.165) is 21.8 Å². The second-order valence-electron chi connectivity index (χ2n) is 9.23. The number of non-ortho nitro benzene ring substituents is 1. The molecule has 0 atom stereocenters. The molecule has 9 nitrogen and oxygen atoms in total. The SMILES string of the molecule is CCOC(=O)c1cc(Cc2ccccc2)sc1NC(=S)N1CCN(C(=O)c2sc3cc([N+](=O)[O-])ccc3c2Cl)CC1. The summed E-state index contributed by atoms with van der Waals surface area (Å²) in [5.41, 5.74) is 1.53. The van der Waals surface area contributed by atoms with E-state index in [1.165, 1.54) is 23.5 Å². The number of carbonyl (C=O) groups excluding carboxylic acids is 2. The van der Waals surface area contributed by atoms with Crippen LogP contribution in [0.1, 0.15) is 37.4 Å². The number of piperazine rings is 1. The van der Waals surface area contributed by atoms with E-state index >= 15 is 0 Å². The van der Waals surface area contributed by atoms with Crippen molar-refractivity contribution in [2.45, 2.75) is 13.3 Å². The molecule has 41 heavy (non-hydrogen) atoms. The summed E-state index contributed by atoms with van der Waals surface area (Å²) < 4.78 is 5.87. The molecule has 2 aromatic heterocycles. The number of rotatable bonds is 7. The van der Waals surface area contributed by atoms with E-state index in [9.17, 15) is 19.7 Å². The van der Waals surface area contributed by atoms with Crippen LogP contribution in [0.5, 0.6) is 0 Å². The van der Waals surface area contributed by atoms with Crippen LogP contribution in [0, 0.1) is 10.1 Å². The number of halogens is 1. The van der Waals surface area contributed by atoms with Gasteiger partial charge < -0.3 is 19.9 Å². The third-order valence-corrected chi connectivity index (χ3v) is 9.65. The van der Waals surface area contributed by atoms with Gasteiger partial charge in [-0.25, -0.2) is 4.79 Å². The molecule has 1 aliphatic rings. The lowest BCUT2D eigenvalue weighted by atomic mass is 10.1. The van der Waals surface area contributed by atoms with Crippen LogP contribution in [0.2, 0.25) is 5.02 Å². The highest BCUT2D eigenvalue weighted by Crippen LogP contribution is 2.38. The van der Waals surface area contributed by atoms with Crippen molar-refractivity contribution in [1.82, 2.24) is 9.80 Å². The lowest BCUT2D eigenvalue weighted by Crippen LogP contribution is -2.51. The van der Waals surface area contributed by atoms with Crippen LogP contribution in [-0.4, -0.2) is 64.5 Å². The number of thiophene rings is 2. The van der Waals surface area contributed by atoms with Gasteiger partial charge in [0, 0.05) is 59.7 Å². The number of anilines is 1. The summed E-state index contributed by atoms with van der Waals surface area (Å²) in [7, 11) is 0. The van der Waals surface area contributed by atoms with Gasteiger partial charge in [-0.1, -0.05) is 41.9 Å². The largest absolute Gasteiger partial charge is 0.462 e. The van der Waals surface area contributed by atoms with Crippen molar-refractivity contribution < 1.29 is 19.2 Å². The topological polar surface area (TPSA) is 105 Å². The number of ether oxygens (including phenoxy) is 1. The number of hydrogen-bond acceptors (Lipinski definition) is 8. The standard InChI is InChI=1S/C28H25ClN4O5S3/c1-2-38-27(35)21-16-19(14-17-6-4-3-5-7-17)40-25(21)30-28(39)32-12-10-31(11-13-32)26(34)24-23(29)20-9-8-18(33(36)37)15-22(20)41-24/h3-9,15-16H,2,10-14H2,1H3,(H,30,39). The molecule has 4 aromatic rings. The fourth-order valence-corrected chi connectivity index (χ4v) is 7.46. The molecule has 3 heterocycles. The van der Waals surface area contributed by atoms with Gasteiger partial charge in [0.15, 0.2) is 5.11 Å². The maximum atomic E-state index is 13.3. The molecule has 0 radical (unpaired) electrons. The lowest BCUT2D eigenvalue weighted by molar-refractivity contribution is -0.384. The highest BCUT2D eigenvalue weighted by molar-refractivity contribution is 7.80. The summed E-state index contributed by atoms with van der Waals surface area (Å²) in [6.07, 6.45) is 0.681. The Morgan fingerprint density at radius 1 is 1.07 bits per heavy atom. The zero-order valence-electron chi connectivity index (χ0n) is 21.9. The predicted molar refractivity (Wildman–Crippen MR) is 167 cm³/mol. The van der Waals surface area contributed by atoms with Crippen LogP contribution in [0.3, 0.4) is 0 Å². The summed E-state index contributed by atoms with van der Waals surface area (Å²) in [5.74, 6) is -0.625. The van der Waals surface area contributed by atoms with Crippen molar-refractivity contribution in [3.05, 3.63) is 90.6 Å². The van der Waals surface area contributed by atoms with E-state index in [1.54, 1.807) is 17.9 Å². The minimum Gasteiger partial charge on any atom is -0.462 e. The average Bonchev–Trinajstić information content (AvgIpc) is 3.53. The predicted octanol–water partition coefficient (Wildman–Crippen LogP) is 6.45. The number of fused-ring (bicyclic) bond motifs is 1. The lowest BCUT2D eigenvalue weighted by Gasteiger charge is -2.36. The second kappa shape index (κ2) is 12.5. The fraction of sp³-hybridized carbons (Fsp3) is 0.250. The maximum Gasteiger partial charge on any atom is 0.341 e. The van der Waals surface area contributed by atoms with Crippen molar-refractivity contribution in [3.8, 4) is 0 Å². The molecule has 0 unspecified atom stereocenters. The van der Waals surface area contributed by atoms with Gasteiger partial charge in [0.2, 0.25) is 0 Å². The number of nitrogens with zero attached hydrogens (tertiary/aromatic N) is 3. The number of hydrogen-bond donors (Lipinski definition) is 1. The van der Waals surface area contributed by atoms with Gasteiger partial charge in [0.05, 0.1) is 22.1 Å². The van der Waals surface area contributed by atoms with E-state index in [2.05, 4.69) is 5.32 Å². The Morgan fingerprint density at radius 3 is 2.46 bits per heavy atom. The van der Waals surface area contributed by atoms with Crippen LogP contribution in [0.4, 0.5) is 10.7 Å². The summed E-state index contributed by atoms with van der Waals surface area (Å²) in [4.78, 5) is 41.7. The zero-order chi connectivity index (χ0) is 29.1. The molecule has 212 valence electrons. The smallest absolute Gasteiger partial charge is 0.341 e. The first-order valence-electron chi connectivity index (χ1n) is 12.8. The Labute approximate surface area is 254 Å². The van der Waals surface area contributed by atoms with Gasteiger partial charge in [-0.3, -0.25) is 14.9 Å². The van der Waals surface area contributed by atoms with E-state index < -0.39 is 10.9 Å². The molecular formula is C28H25ClN4O5S3. The highest BCUT2D eigenvalue weighted by atomic mass is 35.5. The number of nitro benzene ring substituents is 1. The number of nitrogens with one attached hydrogen (secondary N) is 1. The summed E-state index contributed by atoms with van der Waals surface area (Å²) in [6, 6.07) is 16.2. The number of carbonyl (C=O) groups is 2. The molecule has 0 bridgehead atoms. The van der Waals surface area contributed by atoms with Gasteiger partial charge in [-0.2, -0.15) is 0 Å². The molecule has 13 heteroatoms. The summed E-state index contributed by atoms with van der Waals surface area (Å²) in [6.45, 7) is 3.84. The van der Waals surface area contributed by atoms with Gasteiger partial charge in [-0.05, 0) is 36.8 Å². The fourth-order valence-electron chi connectivity index (χ4n) is 4.52. The van der Waals surface area contributed by atoms with Crippen LogP contribution >= 0.6 is 46.5 Å². The Morgan fingerprint density at radius 2 is 1.78 bits per heavy atom. The third kappa shape index (κ3) is 6.35. The van der Waals surface area contributed by atoms with Crippen LogP contribution in [0.25, 0.3) is 10.1 Å². The molecule has 1 amide bonds. The van der Waals surface area contributed by atoms with Crippen LogP contribution < -0.4 is 5.32 Å². The number of benzene rings is 2. The maximum absolute atomic E-state index is 13.3. The highest BCUT2D eigenvalue weighted by Gasteiger charge is 2.28. The van der Waals surface area contributed by atoms with E-state index in [0.29, 0.717) is 68.3 Å². The molecule has 1 fully saturated rings. The Kier molecular flexibility index (Phi) is 8.83. The molecular weight excluding hydrogens is 604 g/mol. The number of nitro groups is 1. The van der Waals surface area contributed by atoms with Crippen molar-refractivity contribution in [2.75, 3.05) is 38.1 Å². The number of esters is 1. The van der Waals surface area contributed by atoms with Gasteiger partial charge >= 0.3 is 5.97 Å². The molecule has 1 saturated heterocycles. The van der Waals surface area contributed by atoms with Crippen molar-refractivity contribution >= 4 is 84.3 Å². The van der Waals surface area contributed by atoms with Crippen LogP contribution in [-0.2, 0) is 11.2 Å². The second-order valence-corrected chi connectivity index (χ2v) is 12.2. The molecule has 2 aromatic carbocycles. The quantitative estimate of drug-likeness (QED) is 0.108. The first-order valence-corrected chi connectivity index (χ1v) is 15.2. The average molecular weight is 629 g/mol. The molecule has 5 rings (SSSR count). The molecule has 0 saturated carbocycles. The Balaban J connectivity index is 1.25. The van der Waals surface area contributed by atoms with Gasteiger partial charge in [0.25, 0.3) is 11.6 Å².